The van der Waals surface area contributed by atoms with Gasteiger partial charge in [0.15, 0.2) is 0 Å². The van der Waals surface area contributed by atoms with Crippen molar-refractivity contribution in [2.75, 3.05) is 6.54 Å². The van der Waals surface area contributed by atoms with Crippen molar-refractivity contribution in [2.45, 2.75) is 45.3 Å². The van der Waals surface area contributed by atoms with Crippen molar-refractivity contribution in [2.24, 2.45) is 0 Å². The summed E-state index contributed by atoms with van der Waals surface area (Å²) < 4.78 is 6.28. The third-order valence-corrected chi connectivity index (χ3v) is 5.41. The summed E-state index contributed by atoms with van der Waals surface area (Å²) in [5, 5.41) is 10.7. The number of benzene rings is 2. The van der Waals surface area contributed by atoms with E-state index < -0.39 is 11.6 Å². The third-order valence-electron chi connectivity index (χ3n) is 4.78. The molecule has 1 aliphatic heterocycles. The van der Waals surface area contributed by atoms with Crippen LogP contribution < -0.4 is 4.74 Å². The van der Waals surface area contributed by atoms with Gasteiger partial charge in [-0.05, 0) is 51.3 Å². The highest BCUT2D eigenvalue weighted by Crippen LogP contribution is 2.43. The van der Waals surface area contributed by atoms with Crippen LogP contribution in [0.3, 0.4) is 0 Å². The van der Waals surface area contributed by atoms with E-state index in [4.69, 9.17) is 27.9 Å². The Bertz CT molecular complexity index is 841. The molecule has 0 saturated carbocycles. The fourth-order valence-corrected chi connectivity index (χ4v) is 3.99. The number of para-hydroxylation sites is 1. The fourth-order valence-electron chi connectivity index (χ4n) is 3.39. The average Bonchev–Trinajstić information content (AvgIpc) is 2.58. The topological polar surface area (TPSA) is 49.8 Å². The van der Waals surface area contributed by atoms with E-state index in [0.717, 1.165) is 35.3 Å². The van der Waals surface area contributed by atoms with Gasteiger partial charge >= 0.3 is 6.09 Å². The number of carbonyl (C=O) groups is 1. The zero-order valence-corrected chi connectivity index (χ0v) is 17.1. The highest BCUT2D eigenvalue weighted by Gasteiger charge is 2.32. The summed E-state index contributed by atoms with van der Waals surface area (Å²) in [6.07, 6.45) is 0.398. The standard InChI is InChI=1S/C21H23Cl2NO3/c1-21(2,3)24(20(25)26)12-14-11-10-13-6-4-7-15(19(13)27-14)18-16(22)8-5-9-17(18)23/h4-9,14H,10-12H2,1-3H3,(H,25,26)/t14-/m1/s1. The Morgan fingerprint density at radius 2 is 1.81 bits per heavy atom. The molecule has 1 atom stereocenters. The van der Waals surface area contributed by atoms with Crippen LogP contribution in [0.1, 0.15) is 32.8 Å². The number of hydrogen-bond acceptors (Lipinski definition) is 2. The van der Waals surface area contributed by atoms with E-state index in [2.05, 4.69) is 0 Å². The first-order valence-electron chi connectivity index (χ1n) is 8.92. The van der Waals surface area contributed by atoms with Crippen LogP contribution >= 0.6 is 23.2 Å². The third kappa shape index (κ3) is 4.17. The number of aryl methyl sites for hydroxylation is 1. The van der Waals surface area contributed by atoms with E-state index in [1.165, 1.54) is 4.90 Å². The molecule has 6 heteroatoms. The van der Waals surface area contributed by atoms with Crippen LogP contribution in [-0.2, 0) is 6.42 Å². The van der Waals surface area contributed by atoms with Crippen LogP contribution in [0.5, 0.6) is 5.75 Å². The van der Waals surface area contributed by atoms with E-state index in [1.54, 1.807) is 18.2 Å². The number of carboxylic acid groups (broad SMARTS) is 1. The van der Waals surface area contributed by atoms with Gasteiger partial charge in [-0.1, -0.05) is 47.5 Å². The maximum absolute atomic E-state index is 11.7. The molecular weight excluding hydrogens is 385 g/mol. The number of hydrogen-bond donors (Lipinski definition) is 1. The number of fused-ring (bicyclic) bond motifs is 1. The summed E-state index contributed by atoms with van der Waals surface area (Å²) in [6, 6.07) is 11.3. The fraction of sp³-hybridized carbons (Fsp3) is 0.381. The number of nitrogens with zero attached hydrogens (tertiary/aromatic N) is 1. The molecule has 2 aromatic rings. The summed E-state index contributed by atoms with van der Waals surface area (Å²) in [5.74, 6) is 0.739. The molecule has 0 aliphatic carbocycles. The second kappa shape index (κ2) is 7.61. The lowest BCUT2D eigenvalue weighted by molar-refractivity contribution is 0.0581. The maximum atomic E-state index is 11.7. The van der Waals surface area contributed by atoms with Crippen molar-refractivity contribution < 1.29 is 14.6 Å². The predicted molar refractivity (Wildman–Crippen MR) is 109 cm³/mol. The largest absolute Gasteiger partial charge is 0.488 e. The summed E-state index contributed by atoms with van der Waals surface area (Å²) in [7, 11) is 0. The summed E-state index contributed by atoms with van der Waals surface area (Å²) in [4.78, 5) is 13.1. The van der Waals surface area contributed by atoms with Gasteiger partial charge in [-0.15, -0.1) is 0 Å². The Morgan fingerprint density at radius 1 is 1.19 bits per heavy atom. The van der Waals surface area contributed by atoms with Crippen molar-refractivity contribution in [3.8, 4) is 16.9 Å². The lowest BCUT2D eigenvalue weighted by atomic mass is 9.95. The number of rotatable bonds is 3. The number of ether oxygens (including phenoxy) is 1. The van der Waals surface area contributed by atoms with Gasteiger partial charge in [0.1, 0.15) is 11.9 Å². The molecule has 0 saturated heterocycles. The molecule has 3 rings (SSSR count). The molecule has 0 bridgehead atoms. The second-order valence-corrected chi connectivity index (χ2v) is 8.55. The first-order chi connectivity index (χ1) is 12.7. The molecular formula is C21H23Cl2NO3. The van der Waals surface area contributed by atoms with Gasteiger partial charge in [-0.3, -0.25) is 4.90 Å². The van der Waals surface area contributed by atoms with Crippen molar-refractivity contribution >= 4 is 29.3 Å². The van der Waals surface area contributed by atoms with Crippen molar-refractivity contribution in [3.05, 3.63) is 52.0 Å². The van der Waals surface area contributed by atoms with Crippen molar-refractivity contribution in [1.29, 1.82) is 0 Å². The molecule has 0 unspecified atom stereocenters. The molecule has 0 fully saturated rings. The molecule has 1 amide bonds. The highest BCUT2D eigenvalue weighted by atomic mass is 35.5. The van der Waals surface area contributed by atoms with Crippen LogP contribution in [0.15, 0.2) is 36.4 Å². The van der Waals surface area contributed by atoms with E-state index in [1.807, 2.05) is 39.0 Å². The Labute approximate surface area is 169 Å². The minimum atomic E-state index is -0.945. The summed E-state index contributed by atoms with van der Waals surface area (Å²) >= 11 is 12.8. The van der Waals surface area contributed by atoms with Crippen molar-refractivity contribution in [1.82, 2.24) is 4.90 Å². The Hall–Kier alpha value is -1.91. The maximum Gasteiger partial charge on any atom is 0.407 e. The van der Waals surface area contributed by atoms with E-state index >= 15 is 0 Å². The van der Waals surface area contributed by atoms with Crippen molar-refractivity contribution in [3.63, 3.8) is 0 Å². The van der Waals surface area contributed by atoms with E-state index in [-0.39, 0.29) is 6.10 Å². The van der Waals surface area contributed by atoms with E-state index in [9.17, 15) is 9.90 Å². The van der Waals surface area contributed by atoms with Gasteiger partial charge in [-0.25, -0.2) is 4.79 Å². The molecule has 0 radical (unpaired) electrons. The van der Waals surface area contributed by atoms with Gasteiger partial charge < -0.3 is 9.84 Å². The molecule has 2 aromatic carbocycles. The molecule has 4 nitrogen and oxygen atoms in total. The minimum absolute atomic E-state index is 0.227. The zero-order valence-electron chi connectivity index (χ0n) is 15.6. The highest BCUT2D eigenvalue weighted by molar-refractivity contribution is 6.39. The van der Waals surface area contributed by atoms with Crippen LogP contribution in [0.25, 0.3) is 11.1 Å². The molecule has 1 heterocycles. The second-order valence-electron chi connectivity index (χ2n) is 7.73. The number of halogens is 2. The molecule has 0 aromatic heterocycles. The first-order valence-corrected chi connectivity index (χ1v) is 9.67. The van der Waals surface area contributed by atoms with Gasteiger partial charge in [0.2, 0.25) is 0 Å². The summed E-state index contributed by atoms with van der Waals surface area (Å²) in [5.41, 5.74) is 2.16. The predicted octanol–water partition coefficient (Wildman–Crippen LogP) is 6.13. The summed E-state index contributed by atoms with van der Waals surface area (Å²) in [6.45, 7) is 5.95. The lowest BCUT2D eigenvalue weighted by Crippen LogP contribution is -2.50. The smallest absolute Gasteiger partial charge is 0.407 e. The zero-order chi connectivity index (χ0) is 19.8. The van der Waals surface area contributed by atoms with E-state index in [0.29, 0.717) is 16.6 Å². The minimum Gasteiger partial charge on any atom is -0.488 e. The van der Waals surface area contributed by atoms with Crippen LogP contribution in [0.4, 0.5) is 4.79 Å². The molecule has 27 heavy (non-hydrogen) atoms. The van der Waals surface area contributed by atoms with Crippen LogP contribution in [0, 0.1) is 0 Å². The van der Waals surface area contributed by atoms with Gasteiger partial charge in [0.25, 0.3) is 0 Å². The monoisotopic (exact) mass is 407 g/mol. The Kier molecular flexibility index (Phi) is 5.59. The van der Waals surface area contributed by atoms with Gasteiger partial charge in [-0.2, -0.15) is 0 Å². The molecule has 1 N–H and O–H groups in total. The molecule has 144 valence electrons. The number of amides is 1. The van der Waals surface area contributed by atoms with Crippen LogP contribution in [-0.4, -0.2) is 34.3 Å². The quantitative estimate of drug-likeness (QED) is 0.665. The Balaban J connectivity index is 1.95. The first kappa shape index (κ1) is 19.8. The van der Waals surface area contributed by atoms with Gasteiger partial charge in [0, 0.05) is 16.7 Å². The molecule has 0 spiro atoms. The normalized spacial score (nSPS) is 16.4. The Morgan fingerprint density at radius 3 is 2.41 bits per heavy atom. The average molecular weight is 408 g/mol. The van der Waals surface area contributed by atoms with Crippen LogP contribution in [0.2, 0.25) is 10.0 Å². The lowest BCUT2D eigenvalue weighted by Gasteiger charge is -2.37. The molecule has 1 aliphatic rings. The van der Waals surface area contributed by atoms with Gasteiger partial charge in [0.05, 0.1) is 16.6 Å². The SMILES string of the molecule is CC(C)(C)N(C[C@H]1CCc2cccc(-c3c(Cl)cccc3Cl)c2O1)C(=O)O.